The van der Waals surface area contributed by atoms with E-state index < -0.39 is 0 Å². The molecule has 6 nitrogen and oxygen atoms in total. The number of ether oxygens (including phenoxy) is 1. The van der Waals surface area contributed by atoms with E-state index in [4.69, 9.17) is 4.74 Å². The lowest BCUT2D eigenvalue weighted by atomic mass is 10.1. The summed E-state index contributed by atoms with van der Waals surface area (Å²) in [5.74, 6) is -0.309. The Hall–Kier alpha value is -2.99. The van der Waals surface area contributed by atoms with Gasteiger partial charge in [-0.2, -0.15) is 5.10 Å². The Labute approximate surface area is 171 Å². The van der Waals surface area contributed by atoms with E-state index in [9.17, 15) is 9.59 Å². The fourth-order valence-electron chi connectivity index (χ4n) is 3.05. The standard InChI is InChI=1S/C23H27N3O3/c1-17(2)29-16-20-11-7-6-10-19(20)14-24-23(28)21-12-13-22(27)26(25-21)15-18-8-4-3-5-9-18/h3-11,17H,12-16H2,1-2H3,(H,24,28). The van der Waals surface area contributed by atoms with Crippen molar-refractivity contribution < 1.29 is 14.3 Å². The summed E-state index contributed by atoms with van der Waals surface area (Å²) in [5, 5.41) is 8.64. The average Bonchev–Trinajstić information content (AvgIpc) is 2.73. The monoisotopic (exact) mass is 393 g/mol. The molecule has 2 aromatic rings. The Morgan fingerprint density at radius 2 is 1.76 bits per heavy atom. The average molecular weight is 393 g/mol. The van der Waals surface area contributed by atoms with Gasteiger partial charge in [-0.25, -0.2) is 5.01 Å². The summed E-state index contributed by atoms with van der Waals surface area (Å²) in [4.78, 5) is 24.8. The summed E-state index contributed by atoms with van der Waals surface area (Å²) in [6.45, 7) is 5.25. The summed E-state index contributed by atoms with van der Waals surface area (Å²) in [5.41, 5.74) is 3.42. The van der Waals surface area contributed by atoms with Crippen molar-refractivity contribution in [2.75, 3.05) is 0 Å². The number of rotatable bonds is 8. The van der Waals surface area contributed by atoms with Crippen molar-refractivity contribution in [3.8, 4) is 0 Å². The van der Waals surface area contributed by atoms with Gasteiger partial charge in [0.1, 0.15) is 5.71 Å². The molecule has 29 heavy (non-hydrogen) atoms. The summed E-state index contributed by atoms with van der Waals surface area (Å²) < 4.78 is 5.69. The van der Waals surface area contributed by atoms with E-state index in [1.165, 1.54) is 5.01 Å². The predicted octanol–water partition coefficient (Wildman–Crippen LogP) is 3.41. The topological polar surface area (TPSA) is 71.0 Å². The van der Waals surface area contributed by atoms with Crippen LogP contribution in [-0.2, 0) is 34.0 Å². The van der Waals surface area contributed by atoms with Crippen LogP contribution in [0.4, 0.5) is 0 Å². The van der Waals surface area contributed by atoms with Crippen LogP contribution in [0.25, 0.3) is 0 Å². The molecule has 0 bridgehead atoms. The molecule has 3 rings (SSSR count). The first-order valence-electron chi connectivity index (χ1n) is 9.91. The van der Waals surface area contributed by atoms with E-state index in [-0.39, 0.29) is 24.3 Å². The van der Waals surface area contributed by atoms with E-state index in [1.54, 1.807) is 0 Å². The van der Waals surface area contributed by atoms with Crippen molar-refractivity contribution in [2.45, 2.75) is 52.5 Å². The second kappa shape index (κ2) is 9.98. The van der Waals surface area contributed by atoms with Crippen LogP contribution < -0.4 is 5.32 Å². The number of nitrogens with one attached hydrogen (secondary N) is 1. The normalized spacial score (nSPS) is 14.1. The van der Waals surface area contributed by atoms with Crippen LogP contribution in [0.2, 0.25) is 0 Å². The predicted molar refractivity (Wildman–Crippen MR) is 112 cm³/mol. The van der Waals surface area contributed by atoms with Crippen LogP contribution >= 0.6 is 0 Å². The lowest BCUT2D eigenvalue weighted by Crippen LogP contribution is -2.38. The molecule has 0 unspecified atom stereocenters. The second-order valence-corrected chi connectivity index (χ2v) is 7.29. The summed E-state index contributed by atoms with van der Waals surface area (Å²) in [6.07, 6.45) is 0.786. The first-order valence-corrected chi connectivity index (χ1v) is 9.91. The Morgan fingerprint density at radius 3 is 2.48 bits per heavy atom. The van der Waals surface area contributed by atoms with E-state index in [2.05, 4.69) is 10.4 Å². The van der Waals surface area contributed by atoms with Crippen molar-refractivity contribution in [1.82, 2.24) is 10.3 Å². The van der Waals surface area contributed by atoms with Crippen molar-refractivity contribution in [3.05, 3.63) is 71.3 Å². The highest BCUT2D eigenvalue weighted by molar-refractivity contribution is 6.39. The fourth-order valence-corrected chi connectivity index (χ4v) is 3.05. The van der Waals surface area contributed by atoms with Gasteiger partial charge in [0.15, 0.2) is 0 Å². The third-order valence-electron chi connectivity index (χ3n) is 4.67. The highest BCUT2D eigenvalue weighted by atomic mass is 16.5. The fraction of sp³-hybridized carbons (Fsp3) is 0.348. The number of hydrogen-bond acceptors (Lipinski definition) is 4. The maximum Gasteiger partial charge on any atom is 0.267 e. The number of amides is 2. The smallest absolute Gasteiger partial charge is 0.267 e. The molecule has 2 aromatic carbocycles. The molecule has 0 radical (unpaired) electrons. The SMILES string of the molecule is CC(C)OCc1ccccc1CNC(=O)C1=NN(Cc2ccccc2)C(=O)CC1. The van der Waals surface area contributed by atoms with Crippen molar-refractivity contribution >= 4 is 17.5 Å². The number of nitrogens with zero attached hydrogens (tertiary/aromatic N) is 2. The zero-order chi connectivity index (χ0) is 20.6. The lowest BCUT2D eigenvalue weighted by molar-refractivity contribution is -0.132. The maximum absolute atomic E-state index is 12.6. The molecule has 1 aliphatic rings. The molecule has 2 amide bonds. The summed E-state index contributed by atoms with van der Waals surface area (Å²) in [7, 11) is 0. The zero-order valence-corrected chi connectivity index (χ0v) is 16.9. The first kappa shape index (κ1) is 20.7. The third-order valence-corrected chi connectivity index (χ3v) is 4.67. The van der Waals surface area contributed by atoms with Crippen LogP contribution in [0.3, 0.4) is 0 Å². The van der Waals surface area contributed by atoms with Gasteiger partial charge in [0.2, 0.25) is 5.91 Å². The zero-order valence-electron chi connectivity index (χ0n) is 16.9. The summed E-state index contributed by atoms with van der Waals surface area (Å²) >= 11 is 0. The Bertz CT molecular complexity index is 878. The molecule has 1 aliphatic heterocycles. The number of carbonyl (C=O) groups is 2. The molecular weight excluding hydrogens is 366 g/mol. The van der Waals surface area contributed by atoms with E-state index in [0.717, 1.165) is 16.7 Å². The molecule has 1 N–H and O–H groups in total. The minimum atomic E-state index is -0.241. The van der Waals surface area contributed by atoms with Crippen molar-refractivity contribution in [1.29, 1.82) is 0 Å². The molecule has 0 atom stereocenters. The molecule has 1 heterocycles. The third kappa shape index (κ3) is 5.99. The van der Waals surface area contributed by atoms with Gasteiger partial charge >= 0.3 is 0 Å². The van der Waals surface area contributed by atoms with Crippen LogP contribution in [0, 0.1) is 0 Å². The van der Waals surface area contributed by atoms with Crippen molar-refractivity contribution in [3.63, 3.8) is 0 Å². The van der Waals surface area contributed by atoms with Crippen LogP contribution in [-0.4, -0.2) is 28.6 Å². The molecular formula is C23H27N3O3. The van der Waals surface area contributed by atoms with Gasteiger partial charge in [0, 0.05) is 19.4 Å². The Kier molecular flexibility index (Phi) is 7.14. The molecule has 152 valence electrons. The van der Waals surface area contributed by atoms with Gasteiger partial charge in [-0.05, 0) is 30.5 Å². The minimum Gasteiger partial charge on any atom is -0.374 e. The first-order chi connectivity index (χ1) is 14.0. The molecule has 6 heteroatoms. The number of hydrazone groups is 1. The van der Waals surface area contributed by atoms with Gasteiger partial charge in [-0.1, -0.05) is 54.6 Å². The van der Waals surface area contributed by atoms with Crippen LogP contribution in [0.15, 0.2) is 59.7 Å². The molecule has 0 fully saturated rings. The molecule has 0 aliphatic carbocycles. The largest absolute Gasteiger partial charge is 0.374 e. The van der Waals surface area contributed by atoms with Crippen molar-refractivity contribution in [2.24, 2.45) is 5.10 Å². The van der Waals surface area contributed by atoms with Crippen LogP contribution in [0.5, 0.6) is 0 Å². The highest BCUT2D eigenvalue weighted by Gasteiger charge is 2.24. The molecule has 0 saturated heterocycles. The van der Waals surface area contributed by atoms with Gasteiger partial charge in [0.25, 0.3) is 5.91 Å². The maximum atomic E-state index is 12.6. The quantitative estimate of drug-likeness (QED) is 0.747. The molecule has 0 spiro atoms. The van der Waals surface area contributed by atoms with E-state index in [1.807, 2.05) is 68.4 Å². The van der Waals surface area contributed by atoms with Gasteiger partial charge in [-0.3, -0.25) is 9.59 Å². The van der Waals surface area contributed by atoms with Gasteiger partial charge < -0.3 is 10.1 Å². The van der Waals surface area contributed by atoms with E-state index in [0.29, 0.717) is 31.8 Å². The number of hydrogen-bond donors (Lipinski definition) is 1. The summed E-state index contributed by atoms with van der Waals surface area (Å²) in [6, 6.07) is 17.5. The molecule has 0 saturated carbocycles. The number of benzene rings is 2. The number of carbonyl (C=O) groups excluding carboxylic acids is 2. The second-order valence-electron chi connectivity index (χ2n) is 7.29. The van der Waals surface area contributed by atoms with Gasteiger partial charge in [-0.15, -0.1) is 0 Å². The molecule has 0 aromatic heterocycles. The van der Waals surface area contributed by atoms with Crippen LogP contribution in [0.1, 0.15) is 43.4 Å². The Morgan fingerprint density at radius 1 is 1.07 bits per heavy atom. The van der Waals surface area contributed by atoms with E-state index >= 15 is 0 Å². The lowest BCUT2D eigenvalue weighted by Gasteiger charge is -2.23. The Balaban J connectivity index is 1.63. The minimum absolute atomic E-state index is 0.0680. The highest BCUT2D eigenvalue weighted by Crippen LogP contribution is 2.15. The van der Waals surface area contributed by atoms with Gasteiger partial charge in [0.05, 0.1) is 19.3 Å².